The predicted octanol–water partition coefficient (Wildman–Crippen LogP) is 2.88. The molecule has 1 heterocycles. The average molecular weight is 327 g/mol. The third-order valence-electron chi connectivity index (χ3n) is 3.82. The number of carbonyl (C=O) groups is 1. The fourth-order valence-corrected chi connectivity index (χ4v) is 3.03. The average Bonchev–Trinajstić information content (AvgIpc) is 3.09. The fourth-order valence-electron chi connectivity index (χ4n) is 2.60. The van der Waals surface area contributed by atoms with Crippen LogP contribution in [0.5, 0.6) is 0 Å². The Kier molecular flexibility index (Phi) is 3.67. The third kappa shape index (κ3) is 2.87. The summed E-state index contributed by atoms with van der Waals surface area (Å²) in [5, 5.41) is 3.10. The van der Waals surface area contributed by atoms with Gasteiger partial charge < -0.3 is 14.6 Å². The normalized spacial score (nSPS) is 26.0. The first-order chi connectivity index (χ1) is 9.17. The Morgan fingerprint density at radius 1 is 1.53 bits per heavy atom. The summed E-state index contributed by atoms with van der Waals surface area (Å²) in [6, 6.07) is 2.70. The quantitative estimate of drug-likeness (QED) is 0.904. The number of ether oxygens (including phenoxy) is 1. The van der Waals surface area contributed by atoms with Crippen LogP contribution in [0.4, 0.5) is 0 Å². The monoisotopic (exact) mass is 326 g/mol. The molecule has 3 rings (SSSR count). The number of halogens is 1. The SMILES string of the molecule is CCOC1CC(NC(=O)c2cc(Br)cn2C2CC2)C1. The minimum absolute atomic E-state index is 0.0394. The first kappa shape index (κ1) is 13.2. The molecular formula is C14H19BrN2O2. The van der Waals surface area contributed by atoms with Gasteiger partial charge in [-0.2, -0.15) is 0 Å². The van der Waals surface area contributed by atoms with E-state index in [4.69, 9.17) is 4.74 Å². The molecule has 2 aliphatic rings. The van der Waals surface area contributed by atoms with Gasteiger partial charge in [0.05, 0.1) is 6.10 Å². The Hall–Kier alpha value is -0.810. The van der Waals surface area contributed by atoms with Crippen molar-refractivity contribution in [1.82, 2.24) is 9.88 Å². The number of hydrogen-bond acceptors (Lipinski definition) is 2. The van der Waals surface area contributed by atoms with E-state index in [9.17, 15) is 4.79 Å². The molecule has 4 nitrogen and oxygen atoms in total. The van der Waals surface area contributed by atoms with Crippen molar-refractivity contribution in [3.63, 3.8) is 0 Å². The molecule has 1 amide bonds. The van der Waals surface area contributed by atoms with Crippen LogP contribution in [0.15, 0.2) is 16.7 Å². The van der Waals surface area contributed by atoms with E-state index in [2.05, 4.69) is 25.8 Å². The van der Waals surface area contributed by atoms with Crippen LogP contribution in [0.25, 0.3) is 0 Å². The van der Waals surface area contributed by atoms with Gasteiger partial charge in [-0.1, -0.05) is 0 Å². The molecule has 0 aliphatic heterocycles. The summed E-state index contributed by atoms with van der Waals surface area (Å²) < 4.78 is 8.58. The maximum Gasteiger partial charge on any atom is 0.268 e. The summed E-state index contributed by atoms with van der Waals surface area (Å²) in [5.74, 6) is 0.0394. The van der Waals surface area contributed by atoms with Crippen LogP contribution in [-0.2, 0) is 4.74 Å². The summed E-state index contributed by atoms with van der Waals surface area (Å²) in [7, 11) is 0. The van der Waals surface area contributed by atoms with Gasteiger partial charge in [-0.05, 0) is 54.6 Å². The second-order valence-corrected chi connectivity index (χ2v) is 6.32. The van der Waals surface area contributed by atoms with E-state index < -0.39 is 0 Å². The largest absolute Gasteiger partial charge is 0.378 e. The molecule has 1 N–H and O–H groups in total. The highest BCUT2D eigenvalue weighted by molar-refractivity contribution is 9.10. The van der Waals surface area contributed by atoms with Crippen LogP contribution in [0.2, 0.25) is 0 Å². The minimum atomic E-state index is 0.0394. The second-order valence-electron chi connectivity index (χ2n) is 5.40. The molecule has 104 valence electrons. The number of amides is 1. The molecule has 0 radical (unpaired) electrons. The van der Waals surface area contributed by atoms with E-state index in [0.29, 0.717) is 12.1 Å². The lowest BCUT2D eigenvalue weighted by atomic mass is 9.89. The summed E-state index contributed by atoms with van der Waals surface area (Å²) in [6.07, 6.45) is 6.57. The van der Waals surface area contributed by atoms with Gasteiger partial charge in [-0.15, -0.1) is 0 Å². The Morgan fingerprint density at radius 2 is 2.26 bits per heavy atom. The van der Waals surface area contributed by atoms with Crippen LogP contribution in [-0.4, -0.2) is 29.2 Å². The van der Waals surface area contributed by atoms with Gasteiger partial charge in [0, 0.05) is 29.4 Å². The van der Waals surface area contributed by atoms with Crippen LogP contribution in [0.3, 0.4) is 0 Å². The van der Waals surface area contributed by atoms with Crippen molar-refractivity contribution in [1.29, 1.82) is 0 Å². The molecule has 0 unspecified atom stereocenters. The van der Waals surface area contributed by atoms with E-state index >= 15 is 0 Å². The highest BCUT2D eigenvalue weighted by Crippen LogP contribution is 2.37. The van der Waals surface area contributed by atoms with E-state index in [1.807, 2.05) is 19.2 Å². The van der Waals surface area contributed by atoms with Gasteiger partial charge in [0.25, 0.3) is 5.91 Å². The van der Waals surface area contributed by atoms with Crippen molar-refractivity contribution in [3.8, 4) is 0 Å². The van der Waals surface area contributed by atoms with Crippen molar-refractivity contribution in [2.24, 2.45) is 0 Å². The van der Waals surface area contributed by atoms with Crippen molar-refractivity contribution in [3.05, 3.63) is 22.4 Å². The van der Waals surface area contributed by atoms with Crippen LogP contribution in [0.1, 0.15) is 49.1 Å². The molecule has 0 atom stereocenters. The Bertz CT molecular complexity index is 476. The van der Waals surface area contributed by atoms with Crippen molar-refractivity contribution < 1.29 is 9.53 Å². The molecule has 2 saturated carbocycles. The van der Waals surface area contributed by atoms with Crippen LogP contribution >= 0.6 is 15.9 Å². The van der Waals surface area contributed by atoms with Crippen molar-refractivity contribution in [2.75, 3.05) is 6.61 Å². The summed E-state index contributed by atoms with van der Waals surface area (Å²) in [5.41, 5.74) is 0.772. The molecule has 5 heteroatoms. The third-order valence-corrected chi connectivity index (χ3v) is 4.25. The zero-order chi connectivity index (χ0) is 13.4. The summed E-state index contributed by atoms with van der Waals surface area (Å²) in [4.78, 5) is 12.3. The van der Waals surface area contributed by atoms with Crippen molar-refractivity contribution >= 4 is 21.8 Å². The van der Waals surface area contributed by atoms with Crippen LogP contribution < -0.4 is 5.32 Å². The molecule has 0 saturated heterocycles. The van der Waals surface area contributed by atoms with Gasteiger partial charge >= 0.3 is 0 Å². The molecule has 0 spiro atoms. The van der Waals surface area contributed by atoms with Gasteiger partial charge in [0.15, 0.2) is 0 Å². The smallest absolute Gasteiger partial charge is 0.268 e. The molecule has 0 bridgehead atoms. The summed E-state index contributed by atoms with van der Waals surface area (Å²) >= 11 is 3.45. The Morgan fingerprint density at radius 3 is 2.89 bits per heavy atom. The van der Waals surface area contributed by atoms with Gasteiger partial charge in [-0.3, -0.25) is 4.79 Å². The fraction of sp³-hybridized carbons (Fsp3) is 0.643. The number of nitrogens with zero attached hydrogens (tertiary/aromatic N) is 1. The first-order valence-electron chi connectivity index (χ1n) is 6.97. The van der Waals surface area contributed by atoms with E-state index in [0.717, 1.165) is 29.6 Å². The number of hydrogen-bond donors (Lipinski definition) is 1. The zero-order valence-corrected chi connectivity index (χ0v) is 12.6. The standard InChI is InChI=1S/C14H19BrN2O2/c1-2-19-12-6-10(7-12)16-14(18)13-5-9(15)8-17(13)11-3-4-11/h5,8,10-12H,2-4,6-7H2,1H3,(H,16,18). The molecule has 2 aliphatic carbocycles. The molecule has 19 heavy (non-hydrogen) atoms. The maximum absolute atomic E-state index is 12.3. The molecule has 1 aromatic rings. The zero-order valence-electron chi connectivity index (χ0n) is 11.1. The molecule has 0 aromatic carbocycles. The number of rotatable bonds is 5. The Balaban J connectivity index is 1.59. The number of carbonyl (C=O) groups excluding carboxylic acids is 1. The maximum atomic E-state index is 12.3. The lowest BCUT2D eigenvalue weighted by molar-refractivity contribution is -0.00870. The Labute approximate surface area is 121 Å². The number of nitrogens with one attached hydrogen (secondary N) is 1. The highest BCUT2D eigenvalue weighted by atomic mass is 79.9. The van der Waals surface area contributed by atoms with E-state index in [-0.39, 0.29) is 11.9 Å². The number of aromatic nitrogens is 1. The lowest BCUT2D eigenvalue weighted by Crippen LogP contribution is -2.48. The summed E-state index contributed by atoms with van der Waals surface area (Å²) in [6.45, 7) is 2.76. The highest BCUT2D eigenvalue weighted by Gasteiger charge is 2.33. The van der Waals surface area contributed by atoms with Crippen LogP contribution in [0, 0.1) is 0 Å². The molecule has 2 fully saturated rings. The van der Waals surface area contributed by atoms with Crippen molar-refractivity contribution in [2.45, 2.75) is 50.8 Å². The second kappa shape index (κ2) is 5.29. The van der Waals surface area contributed by atoms with E-state index in [1.54, 1.807) is 0 Å². The van der Waals surface area contributed by atoms with Gasteiger partial charge in [0.2, 0.25) is 0 Å². The van der Waals surface area contributed by atoms with Gasteiger partial charge in [0.1, 0.15) is 5.69 Å². The minimum Gasteiger partial charge on any atom is -0.378 e. The predicted molar refractivity (Wildman–Crippen MR) is 76.3 cm³/mol. The molecular weight excluding hydrogens is 308 g/mol. The van der Waals surface area contributed by atoms with Gasteiger partial charge in [-0.25, -0.2) is 0 Å². The lowest BCUT2D eigenvalue weighted by Gasteiger charge is -2.35. The first-order valence-corrected chi connectivity index (χ1v) is 7.76. The molecule has 1 aromatic heterocycles. The van der Waals surface area contributed by atoms with E-state index in [1.165, 1.54) is 12.8 Å². The topological polar surface area (TPSA) is 43.3 Å².